The van der Waals surface area contributed by atoms with Crippen LogP contribution in [0.5, 0.6) is 0 Å². The van der Waals surface area contributed by atoms with Crippen molar-refractivity contribution < 1.29 is 13.2 Å². The smallest absolute Gasteiger partial charge is 0.327 e. The molecule has 2 N–H and O–H groups in total. The normalized spacial score (nSPS) is 22.5. The van der Waals surface area contributed by atoms with Gasteiger partial charge < -0.3 is 5.73 Å². The van der Waals surface area contributed by atoms with E-state index in [9.17, 15) is 13.2 Å². The van der Waals surface area contributed by atoms with Crippen LogP contribution >= 0.6 is 11.3 Å². The van der Waals surface area contributed by atoms with E-state index in [1.165, 1.54) is 17.0 Å². The molecule has 3 rings (SSSR count). The third kappa shape index (κ3) is 2.53. The highest BCUT2D eigenvalue weighted by Gasteiger charge is 2.36. The van der Waals surface area contributed by atoms with Crippen molar-refractivity contribution >= 4 is 11.3 Å². The first-order valence-electron chi connectivity index (χ1n) is 5.98. The average molecular weight is 283 g/mol. The number of hydrogen-bond donors (Lipinski definition) is 1. The molecule has 0 unspecified atom stereocenters. The SMILES string of the molecule is N[C@@H]1C[C@H]1c1ccc(-c2ccc(C(F)(F)F)cc2)s1. The lowest BCUT2D eigenvalue weighted by Crippen LogP contribution is -2.03. The molecule has 1 aromatic carbocycles. The molecule has 1 fully saturated rings. The third-order valence-electron chi connectivity index (χ3n) is 3.33. The molecule has 1 nitrogen and oxygen atoms in total. The van der Waals surface area contributed by atoms with E-state index in [-0.39, 0.29) is 6.04 Å². The second-order valence-corrected chi connectivity index (χ2v) is 5.90. The second kappa shape index (κ2) is 4.35. The van der Waals surface area contributed by atoms with E-state index in [0.29, 0.717) is 5.92 Å². The van der Waals surface area contributed by atoms with Crippen LogP contribution in [0, 0.1) is 0 Å². The van der Waals surface area contributed by atoms with Crippen molar-refractivity contribution in [2.75, 3.05) is 0 Å². The maximum Gasteiger partial charge on any atom is 0.416 e. The van der Waals surface area contributed by atoms with Gasteiger partial charge in [0.25, 0.3) is 0 Å². The van der Waals surface area contributed by atoms with E-state index in [0.717, 1.165) is 29.0 Å². The highest BCUT2D eigenvalue weighted by Crippen LogP contribution is 2.44. The largest absolute Gasteiger partial charge is 0.416 e. The average Bonchev–Trinajstić information content (AvgIpc) is 2.91. The Morgan fingerprint density at radius 2 is 1.68 bits per heavy atom. The minimum atomic E-state index is -4.28. The summed E-state index contributed by atoms with van der Waals surface area (Å²) in [6, 6.07) is 9.51. The first-order chi connectivity index (χ1) is 8.95. The molecule has 0 saturated heterocycles. The highest BCUT2D eigenvalue weighted by atomic mass is 32.1. The van der Waals surface area contributed by atoms with Gasteiger partial charge in [-0.1, -0.05) is 12.1 Å². The van der Waals surface area contributed by atoms with E-state index < -0.39 is 11.7 Å². The Morgan fingerprint density at radius 3 is 2.21 bits per heavy atom. The quantitative estimate of drug-likeness (QED) is 0.876. The Kier molecular flexibility index (Phi) is 2.91. The molecule has 1 heterocycles. The molecule has 1 aromatic heterocycles. The molecule has 2 aromatic rings. The lowest BCUT2D eigenvalue weighted by Gasteiger charge is -2.06. The Bertz CT molecular complexity index is 585. The van der Waals surface area contributed by atoms with Gasteiger partial charge in [0.1, 0.15) is 0 Å². The van der Waals surface area contributed by atoms with Crippen LogP contribution < -0.4 is 5.73 Å². The van der Waals surface area contributed by atoms with Crippen molar-refractivity contribution in [3.05, 3.63) is 46.8 Å². The van der Waals surface area contributed by atoms with Gasteiger partial charge in [0.05, 0.1) is 5.56 Å². The van der Waals surface area contributed by atoms with Crippen molar-refractivity contribution in [2.45, 2.75) is 24.6 Å². The minimum absolute atomic E-state index is 0.249. The lowest BCUT2D eigenvalue weighted by atomic mass is 10.1. The van der Waals surface area contributed by atoms with Gasteiger partial charge in [0.15, 0.2) is 0 Å². The van der Waals surface area contributed by atoms with Crippen LogP contribution in [0.2, 0.25) is 0 Å². The molecule has 2 atom stereocenters. The molecular weight excluding hydrogens is 271 g/mol. The van der Waals surface area contributed by atoms with Crippen molar-refractivity contribution in [3.8, 4) is 10.4 Å². The van der Waals surface area contributed by atoms with Crippen LogP contribution in [-0.2, 0) is 6.18 Å². The molecule has 100 valence electrons. The fourth-order valence-electron chi connectivity index (χ4n) is 2.07. The van der Waals surface area contributed by atoms with Crippen LogP contribution in [0.15, 0.2) is 36.4 Å². The van der Waals surface area contributed by atoms with Gasteiger partial charge in [0.2, 0.25) is 0 Å². The first-order valence-corrected chi connectivity index (χ1v) is 6.80. The summed E-state index contributed by atoms with van der Waals surface area (Å²) in [6.07, 6.45) is -3.27. The van der Waals surface area contributed by atoms with Crippen molar-refractivity contribution in [1.29, 1.82) is 0 Å². The van der Waals surface area contributed by atoms with E-state index in [2.05, 4.69) is 0 Å². The molecule has 5 heteroatoms. The number of hydrogen-bond acceptors (Lipinski definition) is 2. The number of halogens is 3. The predicted molar refractivity (Wildman–Crippen MR) is 70.1 cm³/mol. The number of nitrogens with two attached hydrogens (primary N) is 1. The fraction of sp³-hybridized carbons (Fsp3) is 0.286. The standard InChI is InChI=1S/C14H12F3NS/c15-14(16,17)9-3-1-8(2-4-9)12-5-6-13(19-12)10-7-11(10)18/h1-6,10-11H,7,18H2/t10-,11-/m1/s1. The molecule has 0 aliphatic heterocycles. The van der Waals surface area contributed by atoms with E-state index in [1.807, 2.05) is 12.1 Å². The Balaban J connectivity index is 1.84. The topological polar surface area (TPSA) is 26.0 Å². The zero-order valence-electron chi connectivity index (χ0n) is 9.95. The van der Waals surface area contributed by atoms with Gasteiger partial charge in [-0.15, -0.1) is 11.3 Å². The van der Waals surface area contributed by atoms with Crippen LogP contribution in [0.3, 0.4) is 0 Å². The monoisotopic (exact) mass is 283 g/mol. The number of rotatable bonds is 2. The summed E-state index contributed by atoms with van der Waals surface area (Å²) in [7, 11) is 0. The van der Waals surface area contributed by atoms with Gasteiger partial charge in [-0.25, -0.2) is 0 Å². The summed E-state index contributed by atoms with van der Waals surface area (Å²) in [4.78, 5) is 2.21. The van der Waals surface area contributed by atoms with Gasteiger partial charge in [-0.05, 0) is 36.2 Å². The summed E-state index contributed by atoms with van der Waals surface area (Å²) >= 11 is 1.61. The Labute approximate surface area is 112 Å². The van der Waals surface area contributed by atoms with Crippen molar-refractivity contribution in [3.63, 3.8) is 0 Å². The van der Waals surface area contributed by atoms with E-state index in [1.54, 1.807) is 11.3 Å². The maximum absolute atomic E-state index is 12.5. The molecule has 1 aliphatic carbocycles. The van der Waals surface area contributed by atoms with Gasteiger partial charge in [-0.3, -0.25) is 0 Å². The number of benzene rings is 1. The maximum atomic E-state index is 12.5. The van der Waals surface area contributed by atoms with Crippen LogP contribution in [0.1, 0.15) is 22.8 Å². The van der Waals surface area contributed by atoms with Crippen LogP contribution in [-0.4, -0.2) is 6.04 Å². The van der Waals surface area contributed by atoms with Gasteiger partial charge in [-0.2, -0.15) is 13.2 Å². The molecule has 0 radical (unpaired) electrons. The third-order valence-corrected chi connectivity index (χ3v) is 4.60. The molecule has 0 bridgehead atoms. The molecular formula is C14H12F3NS. The minimum Gasteiger partial charge on any atom is -0.327 e. The molecule has 1 saturated carbocycles. The molecule has 1 aliphatic rings. The molecule has 0 amide bonds. The zero-order chi connectivity index (χ0) is 13.6. The van der Waals surface area contributed by atoms with Crippen LogP contribution in [0.25, 0.3) is 10.4 Å². The van der Waals surface area contributed by atoms with E-state index in [4.69, 9.17) is 5.73 Å². The lowest BCUT2D eigenvalue weighted by molar-refractivity contribution is -0.137. The van der Waals surface area contributed by atoms with Crippen molar-refractivity contribution in [2.24, 2.45) is 5.73 Å². The predicted octanol–water partition coefficient (Wildman–Crippen LogP) is 4.25. The summed E-state index contributed by atoms with van der Waals surface area (Å²) in [6.45, 7) is 0. The zero-order valence-corrected chi connectivity index (χ0v) is 10.8. The molecule has 0 spiro atoms. The van der Waals surface area contributed by atoms with E-state index >= 15 is 0 Å². The highest BCUT2D eigenvalue weighted by molar-refractivity contribution is 7.15. The summed E-state index contributed by atoms with van der Waals surface area (Å²) < 4.78 is 37.4. The first kappa shape index (κ1) is 12.7. The van der Waals surface area contributed by atoms with Gasteiger partial charge in [0, 0.05) is 21.7 Å². The Hall–Kier alpha value is -1.33. The molecule has 19 heavy (non-hydrogen) atoms. The second-order valence-electron chi connectivity index (χ2n) is 4.78. The fourth-order valence-corrected chi connectivity index (χ4v) is 3.27. The van der Waals surface area contributed by atoms with Crippen molar-refractivity contribution in [1.82, 2.24) is 0 Å². The summed E-state index contributed by atoms with van der Waals surface area (Å²) in [5, 5.41) is 0. The summed E-state index contributed by atoms with van der Waals surface area (Å²) in [5.74, 6) is 0.438. The number of alkyl halides is 3. The number of thiophene rings is 1. The Morgan fingerprint density at radius 1 is 1.05 bits per heavy atom. The summed E-state index contributed by atoms with van der Waals surface area (Å²) in [5.41, 5.74) is 6.00. The van der Waals surface area contributed by atoms with Crippen LogP contribution in [0.4, 0.5) is 13.2 Å². The van der Waals surface area contributed by atoms with Gasteiger partial charge >= 0.3 is 6.18 Å².